The van der Waals surface area contributed by atoms with Gasteiger partial charge in [-0.3, -0.25) is 38.4 Å². The van der Waals surface area contributed by atoms with Gasteiger partial charge in [0.15, 0.2) is 46.3 Å². The lowest BCUT2D eigenvalue weighted by Gasteiger charge is -2.09. The van der Waals surface area contributed by atoms with Crippen LogP contribution in [0.5, 0.6) is 0 Å². The van der Waals surface area contributed by atoms with Gasteiger partial charge in [-0.15, -0.1) is 0 Å². The van der Waals surface area contributed by atoms with E-state index in [4.69, 9.17) is 15.3 Å². The zero-order valence-electron chi connectivity index (χ0n) is 73.7. The number of ether oxygens (including phenoxy) is 1. The highest BCUT2D eigenvalue weighted by Crippen LogP contribution is 2.26. The zero-order valence-corrected chi connectivity index (χ0v) is 73.7. The third-order valence-corrected chi connectivity index (χ3v) is 18.9. The monoisotopic (exact) mass is 1720 g/mol. The molecule has 0 unspecified atom stereocenters. The number of carboxylic acids is 4. The summed E-state index contributed by atoms with van der Waals surface area (Å²) in [7, 11) is 1.28. The van der Waals surface area contributed by atoms with E-state index in [1.165, 1.54) is 84.2 Å². The molecule has 0 heterocycles. The Labute approximate surface area is 752 Å². The number of aromatic carboxylic acids is 4. The van der Waals surface area contributed by atoms with Crippen molar-refractivity contribution in [3.63, 3.8) is 0 Å². The fourth-order valence-electron chi connectivity index (χ4n) is 11.8. The molecule has 0 saturated carbocycles. The van der Waals surface area contributed by atoms with Gasteiger partial charge in [-0.2, -0.15) is 0 Å². The largest absolute Gasteiger partial charge is 0.478 e. The van der Waals surface area contributed by atoms with Gasteiger partial charge in [0.2, 0.25) is 0 Å². The highest BCUT2D eigenvalue weighted by molar-refractivity contribution is 6.10. The van der Waals surface area contributed by atoms with Crippen molar-refractivity contribution in [1.82, 2.24) is 0 Å². The number of hydrogen-bond donors (Lipinski definition) is 4. The van der Waals surface area contributed by atoms with E-state index >= 15 is 0 Å². The summed E-state index contributed by atoms with van der Waals surface area (Å²) in [5.41, 5.74) is 17.1. The minimum atomic E-state index is -1.12. The van der Waals surface area contributed by atoms with Crippen molar-refractivity contribution in [2.45, 2.75) is 62.3 Å². The minimum absolute atomic E-state index is 0.00648. The van der Waals surface area contributed by atoms with Crippen molar-refractivity contribution in [3.8, 4) is 0 Å². The van der Waals surface area contributed by atoms with Crippen LogP contribution in [0.1, 0.15) is 273 Å². The molecule has 18 heteroatoms. The van der Waals surface area contributed by atoms with E-state index in [0.29, 0.717) is 27.8 Å². The molecule has 0 aliphatic carbocycles. The highest BCUT2D eigenvalue weighted by atomic mass is 16.5. The number of aryl methyl sites for hydroxylation is 1. The Morgan fingerprint density at radius 1 is 0.225 bits per heavy atom. The van der Waals surface area contributed by atoms with Crippen molar-refractivity contribution >= 4 is 161 Å². The molecule has 0 radical (unpaired) electrons. The van der Waals surface area contributed by atoms with E-state index in [1.54, 1.807) is 124 Å². The summed E-state index contributed by atoms with van der Waals surface area (Å²) in [5, 5.41) is 36.5. The van der Waals surface area contributed by atoms with Crippen molar-refractivity contribution in [1.29, 1.82) is 0 Å². The van der Waals surface area contributed by atoms with Gasteiger partial charge >= 0.3 is 29.8 Å². The summed E-state index contributed by atoms with van der Waals surface area (Å²) < 4.78 is 4.60. The first-order valence-corrected chi connectivity index (χ1v) is 39.8. The Balaban J connectivity index is 0.000000315. The van der Waals surface area contributed by atoms with Crippen molar-refractivity contribution in [2.24, 2.45) is 0 Å². The van der Waals surface area contributed by atoms with Gasteiger partial charge in [-0.1, -0.05) is 295 Å². The van der Waals surface area contributed by atoms with Crippen LogP contribution in [0.4, 0.5) is 0 Å². The molecule has 129 heavy (non-hydrogen) atoms. The first kappa shape index (κ1) is 105. The van der Waals surface area contributed by atoms with Crippen LogP contribution < -0.4 is 0 Å². The third kappa shape index (κ3) is 33.5. The Morgan fingerprint density at radius 3 is 0.829 bits per heavy atom. The quantitative estimate of drug-likeness (QED) is 0.0211. The Hall–Kier alpha value is -16.7. The highest BCUT2D eigenvalue weighted by Gasteiger charge is 2.20. The number of esters is 1. The molecular weight excluding hydrogens is 1620 g/mol. The normalized spacial score (nSPS) is 10.0. The Bertz CT molecular complexity index is 6030. The number of methoxy groups -OCH3 is 1. The van der Waals surface area contributed by atoms with E-state index < -0.39 is 29.8 Å². The molecule has 11 aromatic rings. The second kappa shape index (κ2) is 53.3. The fourth-order valence-corrected chi connectivity index (χ4v) is 11.8. The third-order valence-electron chi connectivity index (χ3n) is 18.9. The Morgan fingerprint density at radius 2 is 0.496 bits per heavy atom. The number of carboxylic acid groups (broad SMARTS) is 4. The predicted octanol–water partition coefficient (Wildman–Crippen LogP) is 25.7. The van der Waals surface area contributed by atoms with Crippen LogP contribution in [-0.4, -0.2) is 104 Å². The molecule has 0 aliphatic heterocycles. The van der Waals surface area contributed by atoms with Crippen LogP contribution in [0.3, 0.4) is 0 Å². The topological polar surface area (TPSA) is 312 Å². The first-order chi connectivity index (χ1) is 61.3. The summed E-state index contributed by atoms with van der Waals surface area (Å²) in [4.78, 5) is 146. The molecule has 0 fully saturated rings. The van der Waals surface area contributed by atoms with Gasteiger partial charge in [-0.05, 0) is 219 Å². The van der Waals surface area contributed by atoms with Gasteiger partial charge in [0.05, 0.1) is 34.9 Å². The van der Waals surface area contributed by atoms with E-state index in [2.05, 4.69) is 57.4 Å². The van der Waals surface area contributed by atoms with Crippen LogP contribution >= 0.6 is 0 Å². The maximum absolute atomic E-state index is 12.0. The molecule has 18 nitrogen and oxygen atoms in total. The van der Waals surface area contributed by atoms with Crippen LogP contribution in [0.25, 0.3) is 85.1 Å². The van der Waals surface area contributed by atoms with Gasteiger partial charge in [0.25, 0.3) is 0 Å². The SMILES string of the molecule is C=Cc1cc(C(C)=O)c(C(=O)O)cc1C=C.C=Cc1ccc(C(C)=O)c(C(=O)O)c1.C=Cc1ccc(C(C)=O)c(C(=O)OC)c1.C=Cc1ccc(C(C)=O)cc1.C=Cc1ccc(C(C)=O)cc1C.C=Cc1ccc(C(C)=O)cc1C=C.CC(=O)c1cc(C=Cc2ccccc2)c(C=Cc2ccccc2)cc1C(=O)O.CC(=O)c1ccc(C=Cc2ccccc2)cc1C(=O)O. The molecule has 11 aromatic carbocycles. The van der Waals surface area contributed by atoms with E-state index in [0.717, 1.165) is 77.9 Å². The molecule has 0 spiro atoms. The number of hydrogen-bond acceptors (Lipinski definition) is 14. The summed E-state index contributed by atoms with van der Waals surface area (Å²) in [6.45, 7) is 42.5. The second-order valence-electron chi connectivity index (χ2n) is 28.0. The van der Waals surface area contributed by atoms with Crippen molar-refractivity contribution in [3.05, 3.63) is 439 Å². The van der Waals surface area contributed by atoms with Crippen molar-refractivity contribution in [2.75, 3.05) is 7.11 Å². The summed E-state index contributed by atoms with van der Waals surface area (Å²) in [6, 6.07) is 68.3. The molecule has 0 aliphatic rings. The maximum Gasteiger partial charge on any atom is 0.338 e. The first-order valence-electron chi connectivity index (χ1n) is 39.8. The summed E-state index contributed by atoms with van der Waals surface area (Å²) in [6.07, 6.45) is 24.6. The van der Waals surface area contributed by atoms with Crippen molar-refractivity contribution < 1.29 is 87.5 Å². The van der Waals surface area contributed by atoms with E-state index in [9.17, 15) is 67.4 Å². The standard InChI is InChI=1S/C25H20O3.C17H14O3.C13H12O3.C12H12O3.C12H12O.C11H10O3.C11H12O.C10H10O/c1-18(26)23-16-21(14-12-19-8-4-2-5-9-19)22(17-24(23)25(27)28)15-13-20-10-6-3-7-11-20;1-12(18)15-10-9-14(11-16(15)17(19)20)8-7-13-5-3-2-4-6-13;1-4-9-6-11(8(3)14)12(13(15)16)7-10(9)5-2;1-4-9-5-6-10(8(2)13)11(7-9)12(14)15-3;1-4-10-6-7-12(9(3)13)8-11(10)5-2;1-3-8-4-5-9(7(2)12)10(6-8)11(13)14;1-4-10-5-6-11(9(3)12)7-8(10)2;1-3-9-4-6-10(7-5-9)8(2)11/h2-17H,1H3,(H,27,28);2-11H,1H3,(H,19,20);4-7H,1-2H2,3H3,(H,15,16);4-7H,1H2,2-3H3;4-8H,1-2H2,3H3;3-6H,1H2,2H3,(H,13,14);4-7H,1H2,2-3H3;3-7H,1H2,2H3. The lowest BCUT2D eigenvalue weighted by Crippen LogP contribution is -2.08. The van der Waals surface area contributed by atoms with Crippen LogP contribution in [0.15, 0.2) is 283 Å². The number of ketones is 8. The lowest BCUT2D eigenvalue weighted by atomic mass is 9.95. The molecule has 0 bridgehead atoms. The smallest absolute Gasteiger partial charge is 0.338 e. The van der Waals surface area contributed by atoms with E-state index in [-0.39, 0.29) is 96.3 Å². The molecule has 11 rings (SSSR count). The molecule has 4 N–H and O–H groups in total. The molecule has 0 saturated heterocycles. The number of carbonyl (C=O) groups is 13. The predicted molar refractivity (Wildman–Crippen MR) is 522 cm³/mol. The van der Waals surface area contributed by atoms with Crippen LogP contribution in [0, 0.1) is 6.92 Å². The number of benzene rings is 11. The molecular formula is C111H102O18. The van der Waals surface area contributed by atoms with Crippen LogP contribution in [-0.2, 0) is 4.74 Å². The number of rotatable bonds is 27. The Kier molecular flexibility index (Phi) is 43.3. The molecule has 0 amide bonds. The molecule has 0 atom stereocenters. The average molecular weight is 1720 g/mol. The fraction of sp³-hybridized carbons (Fsp3) is 0.0901. The number of carbonyl (C=O) groups excluding carboxylic acids is 9. The van der Waals surface area contributed by atoms with Crippen LogP contribution in [0.2, 0.25) is 0 Å². The summed E-state index contributed by atoms with van der Waals surface area (Å²) >= 11 is 0. The zero-order chi connectivity index (χ0) is 96.1. The van der Waals surface area contributed by atoms with Gasteiger partial charge in [0.1, 0.15) is 0 Å². The summed E-state index contributed by atoms with van der Waals surface area (Å²) in [5.74, 6) is -5.88. The van der Waals surface area contributed by atoms with E-state index in [1.807, 2.05) is 177 Å². The van der Waals surface area contributed by atoms with Gasteiger partial charge < -0.3 is 25.2 Å². The molecule has 0 aromatic heterocycles. The van der Waals surface area contributed by atoms with Gasteiger partial charge in [0, 0.05) is 44.5 Å². The number of Topliss-reactive ketones (excluding diaryl/α,β-unsaturated/α-hetero) is 8. The lowest BCUT2D eigenvalue weighted by molar-refractivity contribution is 0.0594. The van der Waals surface area contributed by atoms with Gasteiger partial charge in [-0.25, -0.2) is 24.0 Å². The maximum atomic E-state index is 12.0. The second-order valence-corrected chi connectivity index (χ2v) is 28.0. The average Bonchev–Trinajstić information content (AvgIpc) is 0.793. The minimum Gasteiger partial charge on any atom is -0.478 e. The molecule has 654 valence electrons.